The molecule has 1 aliphatic heterocycles. The van der Waals surface area contributed by atoms with Gasteiger partial charge in [0.1, 0.15) is 36.4 Å². The predicted molar refractivity (Wildman–Crippen MR) is 534 cm³/mol. The van der Waals surface area contributed by atoms with Crippen molar-refractivity contribution in [3.05, 3.63) is 388 Å². The van der Waals surface area contributed by atoms with Gasteiger partial charge in [0.2, 0.25) is 22.3 Å². The molecule has 0 spiro atoms. The Morgan fingerprint density at radius 2 is 0.891 bits per heavy atom. The summed E-state index contributed by atoms with van der Waals surface area (Å²) in [6.45, 7) is 57.7. The van der Waals surface area contributed by atoms with Gasteiger partial charge in [-0.3, -0.25) is 24.4 Å². The Kier molecular flexibility index (Phi) is 54.4. The summed E-state index contributed by atoms with van der Waals surface area (Å²) in [4.78, 5) is 74.1. The molecule has 5 N–H and O–H groups in total. The van der Waals surface area contributed by atoms with Gasteiger partial charge in [0.05, 0.1) is 34.7 Å². The highest BCUT2D eigenvalue weighted by Crippen LogP contribution is 2.16. The van der Waals surface area contributed by atoms with E-state index in [9.17, 15) is 18.8 Å². The molecule has 1 aliphatic rings. The Balaban J connectivity index is 0.00000138. The minimum absolute atomic E-state index is 0. The minimum Gasteiger partial charge on any atom is -0.473 e. The Morgan fingerprint density at radius 3 is 1.28 bits per heavy atom. The number of Topliss-reactive ketones (excluding diaryl/α,β-unsaturated/α-hetero) is 1. The molecule has 0 fully saturated rings. The van der Waals surface area contributed by atoms with E-state index < -0.39 is 0 Å². The van der Waals surface area contributed by atoms with Gasteiger partial charge in [-0.1, -0.05) is 75.0 Å². The number of aliphatic imine (C=N–C) groups is 1. The smallest absolute Gasteiger partial charge is 0.248 e. The summed E-state index contributed by atoms with van der Waals surface area (Å²) in [7, 11) is 1.88. The summed E-state index contributed by atoms with van der Waals surface area (Å²) in [6.07, 6.45) is 3.72. The number of halogens is 2. The number of H-pyrrole nitrogens is 2. The molecular weight excluding hydrogens is 1630 g/mol. The molecule has 0 saturated heterocycles. The van der Waals surface area contributed by atoms with Crippen molar-refractivity contribution in [3.63, 3.8) is 0 Å². The Bertz CT molecular complexity index is 5350. The number of ether oxygens (including phenoxy) is 1. The van der Waals surface area contributed by atoms with Gasteiger partial charge in [-0.05, 0) is 399 Å². The molecule has 23 heteroatoms. The average Bonchev–Trinajstić information content (AvgIpc) is 0.950. The van der Waals surface area contributed by atoms with Crippen LogP contribution in [-0.4, -0.2) is 85.1 Å². The summed E-state index contributed by atoms with van der Waals surface area (Å²) >= 11 is 5.53. The van der Waals surface area contributed by atoms with Crippen LogP contribution in [0.3, 0.4) is 0 Å². The molecule has 0 aliphatic carbocycles. The number of dihydropyridines is 1. The number of aryl methyl sites for hydroxylation is 27. The van der Waals surface area contributed by atoms with Crippen molar-refractivity contribution in [2.24, 2.45) is 4.99 Å². The van der Waals surface area contributed by atoms with Gasteiger partial charge in [-0.2, -0.15) is 20.7 Å². The molecule has 9 aromatic heterocycles. The molecule has 10 heterocycles. The number of rotatable bonds is 4. The lowest BCUT2D eigenvalue weighted by Crippen LogP contribution is -2.11. The van der Waals surface area contributed by atoms with Crippen LogP contribution in [0.1, 0.15) is 197 Å². The molecule has 0 saturated carbocycles. The number of nitriles is 2. The molecule has 0 atom stereocenters. The maximum atomic E-state index is 12.4. The maximum absolute atomic E-state index is 12.4. The molecule has 0 unspecified atom stereocenters. The van der Waals surface area contributed by atoms with Gasteiger partial charge in [-0.15, -0.1) is 0 Å². The number of nitrogens with zero attached hydrogens (tertiary/aromatic N) is 13. The second kappa shape index (κ2) is 60.8. The highest BCUT2D eigenvalue weighted by molar-refractivity contribution is 6.28. The van der Waals surface area contributed by atoms with Crippen LogP contribution in [0.2, 0.25) is 5.28 Å². The summed E-state index contributed by atoms with van der Waals surface area (Å²) in [6, 6.07) is 57.9. The number of anilines is 2. The SMILES string of the molecule is C.C.CC1=CC(C)=NCC1=O.CNc1cc(C)cc(C)n1.Cc1cc(C)[nH]c(=O)c1.Cc1cc(C)[nH]c(=O)c1.Cc1cc(C)c(C)cn1.Cc1cc(C)c(C)nn1.Cc1cc(C)cc(C#N)c1.Cc1cc(C)cc(F)c1.Cc1cc(C)nc(C)n1.Cc1cc(C)nc(Cl)n1.Cc1cc(C)nc(N)c1.Cc1cc(C)nc(OCc2ccccc2)c1.Cc1ccc(C#N)c(C)c1. The third-order valence-corrected chi connectivity index (χ3v) is 17.5. The number of carbonyl (C=O) groups excluding carboxylic acids is 1. The van der Waals surface area contributed by atoms with Crippen molar-refractivity contribution in [2.75, 3.05) is 24.6 Å². The number of carbonyl (C=O) groups is 1. The number of nitrogens with one attached hydrogen (secondary N) is 3. The van der Waals surface area contributed by atoms with Gasteiger partial charge in [0.25, 0.3) is 0 Å². The fourth-order valence-electron chi connectivity index (χ4n) is 11.9. The third kappa shape index (κ3) is 52.8. The Morgan fingerprint density at radius 1 is 0.434 bits per heavy atom. The monoisotopic (exact) mass is 1770 g/mol. The zero-order valence-electron chi connectivity index (χ0n) is 80.0. The second-order valence-corrected chi connectivity index (χ2v) is 31.5. The van der Waals surface area contributed by atoms with Gasteiger partial charge in [0.15, 0.2) is 5.78 Å². The fraction of sp³-hybridized carbons (Fsp3) is 0.321. The first-order chi connectivity index (χ1) is 59.6. The largest absolute Gasteiger partial charge is 0.473 e. The molecule has 0 radical (unpaired) electrons. The molecule has 684 valence electrons. The van der Waals surface area contributed by atoms with Crippen molar-refractivity contribution in [3.8, 4) is 18.0 Å². The number of ketones is 1. The van der Waals surface area contributed by atoms with Crippen LogP contribution in [0.15, 0.2) is 202 Å². The first-order valence-corrected chi connectivity index (χ1v) is 41.7. The van der Waals surface area contributed by atoms with Crippen molar-refractivity contribution in [2.45, 2.75) is 222 Å². The topological polar surface area (TPSA) is 319 Å². The number of benzene rings is 4. The fourth-order valence-corrected chi connectivity index (χ4v) is 12.1. The number of hydrogen-bond donors (Lipinski definition) is 4. The van der Waals surface area contributed by atoms with Crippen LogP contribution in [0.4, 0.5) is 16.0 Å². The lowest BCUT2D eigenvalue weighted by Gasteiger charge is -2.06. The number of nitrogen functional groups attached to an aromatic ring is 1. The van der Waals surface area contributed by atoms with Gasteiger partial charge < -0.3 is 25.8 Å². The van der Waals surface area contributed by atoms with E-state index in [1.54, 1.807) is 12.1 Å². The molecule has 0 amide bonds. The van der Waals surface area contributed by atoms with Crippen LogP contribution in [0.5, 0.6) is 5.88 Å². The molecule has 14 rings (SSSR count). The highest BCUT2D eigenvalue weighted by atomic mass is 35.5. The van der Waals surface area contributed by atoms with Crippen LogP contribution in [0, 0.1) is 215 Å². The highest BCUT2D eigenvalue weighted by Gasteiger charge is 2.08. The van der Waals surface area contributed by atoms with E-state index in [0.29, 0.717) is 30.1 Å². The van der Waals surface area contributed by atoms with Gasteiger partial charge >= 0.3 is 0 Å². The van der Waals surface area contributed by atoms with E-state index in [0.717, 1.165) is 147 Å². The molecular formula is C106H137ClFN17O4. The second-order valence-electron chi connectivity index (χ2n) is 31.2. The van der Waals surface area contributed by atoms with Gasteiger partial charge in [0, 0.05) is 94.1 Å². The zero-order chi connectivity index (χ0) is 95.7. The first-order valence-electron chi connectivity index (χ1n) is 41.3. The van der Waals surface area contributed by atoms with Crippen molar-refractivity contribution in [1.29, 1.82) is 10.5 Å². The number of aromatic amines is 2. The first kappa shape index (κ1) is 115. The number of hydrogen-bond acceptors (Lipinski definition) is 19. The Hall–Kier alpha value is -13.7. The summed E-state index contributed by atoms with van der Waals surface area (Å²) in [5.41, 5.74) is 37.6. The van der Waals surface area contributed by atoms with E-state index in [1.165, 1.54) is 51.1 Å². The van der Waals surface area contributed by atoms with E-state index in [-0.39, 0.29) is 37.6 Å². The average molecular weight is 1770 g/mol. The molecule has 0 bridgehead atoms. The minimum atomic E-state index is -0.146. The van der Waals surface area contributed by atoms with E-state index in [4.69, 9.17) is 32.6 Å². The standard InChI is InChI=1S/C14H15NO.2C9H9N.C8H9F.C8H12N2.C8H11N.3C7H10N2.3C7H9NO.C6H7ClN2.2CH4/c1-11-8-12(2)15-14(9-11)16-10-13-6-4-3-5-7-13;1-7-3-8(2)5-9(4-7)6-10;1-7-3-4-9(6-10)8(2)5-7;1-6-3-7(2)5-8(9)4-6;1-6-4-7(2)10-8(5-6)9-3;1-6-4-8(3)9-5-7(6)2;1-5-4-6(2)9-7(3)8-5;1-5-4-6(2)8-9-7(5)3;1-5-3-6(2)9-7(8)4-5;1-5-3-6(2)8-4-7(5)9;2*1-5-3-6(2)8-7(9)4-5;1-4-3-5(2)9-6(7)8-4;;/h3-9H,10H2,1-2H3;2*3-5H,1-2H3;3-5H,1-2H3;4-5H,1-3H3,(H,9,10);4-5H,1-3H3;2*4H,1-3H3;3-4H,1-2H3,(H2,8,9);3H,4H2,1-2H3;2*3-4H,1-2H3,(H,8,9);3H,1-2H3;2*1H4. The lowest BCUT2D eigenvalue weighted by molar-refractivity contribution is -0.114. The zero-order valence-corrected chi connectivity index (χ0v) is 80.8. The number of nitrogens with two attached hydrogens (primary N) is 1. The van der Waals surface area contributed by atoms with Gasteiger partial charge in [-0.25, -0.2) is 39.3 Å². The Labute approximate surface area is 772 Å². The van der Waals surface area contributed by atoms with Crippen molar-refractivity contribution < 1.29 is 13.9 Å². The number of aromatic nitrogens is 12. The van der Waals surface area contributed by atoms with Crippen LogP contribution in [-0.2, 0) is 11.4 Å². The molecule has 13 aromatic rings. The number of allylic oxidation sites excluding steroid dienone is 1. The summed E-state index contributed by atoms with van der Waals surface area (Å²) in [5, 5.41) is 28.2. The molecule has 4 aromatic carbocycles. The van der Waals surface area contributed by atoms with Crippen LogP contribution in [0.25, 0.3) is 0 Å². The van der Waals surface area contributed by atoms with Crippen molar-refractivity contribution in [1.82, 2.24) is 60.0 Å². The maximum Gasteiger partial charge on any atom is 0.248 e. The normalized spacial score (nSPS) is 10.1. The van der Waals surface area contributed by atoms with Crippen molar-refractivity contribution >= 4 is 34.7 Å². The summed E-state index contributed by atoms with van der Waals surface area (Å²) < 4.78 is 18.1. The van der Waals surface area contributed by atoms with Crippen LogP contribution >= 0.6 is 11.6 Å². The third-order valence-electron chi connectivity index (χ3n) is 17.3. The van der Waals surface area contributed by atoms with E-state index in [2.05, 4.69) is 121 Å². The number of pyridine rings is 6. The molecule has 129 heavy (non-hydrogen) atoms. The molecule has 21 nitrogen and oxygen atoms in total. The lowest BCUT2D eigenvalue weighted by atomic mass is 10.1. The summed E-state index contributed by atoms with van der Waals surface area (Å²) in [5.74, 6) is 3.09. The van der Waals surface area contributed by atoms with E-state index >= 15 is 0 Å². The van der Waals surface area contributed by atoms with E-state index in [1.807, 2.05) is 327 Å². The quantitative estimate of drug-likeness (QED) is 0.119. The van der Waals surface area contributed by atoms with Crippen LogP contribution < -0.4 is 26.9 Å². The predicted octanol–water partition coefficient (Wildman–Crippen LogP) is 23.9.